The maximum atomic E-state index is 2.53. The van der Waals surface area contributed by atoms with E-state index >= 15 is 0 Å². The van der Waals surface area contributed by atoms with Gasteiger partial charge < -0.3 is 4.90 Å². The second kappa shape index (κ2) is 7.70. The minimum Gasteiger partial charge on any atom is -0.309 e. The van der Waals surface area contributed by atoms with Crippen molar-refractivity contribution in [2.75, 3.05) is 4.90 Å². The van der Waals surface area contributed by atoms with Crippen molar-refractivity contribution in [1.29, 1.82) is 0 Å². The zero-order chi connectivity index (χ0) is 25.4. The van der Waals surface area contributed by atoms with Crippen LogP contribution in [0.15, 0.2) is 115 Å². The summed E-state index contributed by atoms with van der Waals surface area (Å²) in [7, 11) is 0. The Morgan fingerprint density at radius 3 is 1.70 bits per heavy atom. The summed E-state index contributed by atoms with van der Waals surface area (Å²) in [5.74, 6) is 0. The van der Waals surface area contributed by atoms with Crippen molar-refractivity contribution >= 4 is 17.1 Å². The molecule has 0 bridgehead atoms. The fourth-order valence-corrected chi connectivity index (χ4v) is 6.65. The molecule has 0 fully saturated rings. The van der Waals surface area contributed by atoms with Gasteiger partial charge >= 0.3 is 0 Å². The first-order valence-electron chi connectivity index (χ1n) is 13.2. The van der Waals surface area contributed by atoms with Crippen LogP contribution in [0, 0.1) is 0 Å². The Bertz CT molecular complexity index is 1670. The molecule has 5 aromatic rings. The Hall–Kier alpha value is -4.10. The third-order valence-electron chi connectivity index (χ3n) is 8.66. The predicted octanol–water partition coefficient (Wildman–Crippen LogP) is 9.77. The summed E-state index contributed by atoms with van der Waals surface area (Å²) in [6.45, 7) is 9.51. The van der Waals surface area contributed by atoms with Crippen LogP contribution in [0.25, 0.3) is 22.3 Å². The summed E-state index contributed by atoms with van der Waals surface area (Å²) in [5, 5.41) is 0. The van der Waals surface area contributed by atoms with E-state index in [1.165, 1.54) is 61.6 Å². The molecule has 1 heteroatoms. The van der Waals surface area contributed by atoms with Gasteiger partial charge in [-0.05, 0) is 62.7 Å². The Morgan fingerprint density at radius 2 is 0.973 bits per heavy atom. The molecule has 180 valence electrons. The first-order chi connectivity index (χ1) is 17.9. The van der Waals surface area contributed by atoms with Gasteiger partial charge in [0.1, 0.15) is 0 Å². The van der Waals surface area contributed by atoms with E-state index in [0.29, 0.717) is 0 Å². The van der Waals surface area contributed by atoms with Crippen molar-refractivity contribution in [3.63, 3.8) is 0 Å². The van der Waals surface area contributed by atoms with Crippen LogP contribution >= 0.6 is 0 Å². The van der Waals surface area contributed by atoms with E-state index < -0.39 is 0 Å². The number of benzene rings is 5. The Kier molecular flexibility index (Phi) is 4.60. The molecule has 2 heterocycles. The van der Waals surface area contributed by atoms with Gasteiger partial charge in [0.15, 0.2) is 0 Å². The molecule has 0 atom stereocenters. The number of hydrogen-bond donors (Lipinski definition) is 0. The summed E-state index contributed by atoms with van der Waals surface area (Å²) in [6.07, 6.45) is 0. The minimum atomic E-state index is -0.128. The van der Waals surface area contributed by atoms with Crippen LogP contribution in [0.2, 0.25) is 0 Å². The molecule has 0 N–H and O–H groups in total. The fourth-order valence-electron chi connectivity index (χ4n) is 6.65. The smallest absolute Gasteiger partial charge is 0.0543 e. The van der Waals surface area contributed by atoms with Crippen LogP contribution in [0.1, 0.15) is 49.9 Å². The molecule has 0 radical (unpaired) electrons. The molecule has 0 aliphatic carbocycles. The van der Waals surface area contributed by atoms with Gasteiger partial charge in [-0.25, -0.2) is 0 Å². The molecule has 1 nitrogen and oxygen atoms in total. The Balaban J connectivity index is 1.49. The van der Waals surface area contributed by atoms with Crippen LogP contribution in [-0.4, -0.2) is 0 Å². The highest BCUT2D eigenvalue weighted by Gasteiger charge is 2.45. The number of rotatable bonds is 2. The zero-order valence-corrected chi connectivity index (χ0v) is 21.9. The molecule has 0 amide bonds. The average molecular weight is 478 g/mol. The summed E-state index contributed by atoms with van der Waals surface area (Å²) in [5.41, 5.74) is 14.4. The maximum absolute atomic E-state index is 2.53. The lowest BCUT2D eigenvalue weighted by atomic mass is 9.66. The van der Waals surface area contributed by atoms with E-state index in [1.54, 1.807) is 0 Å². The van der Waals surface area contributed by atoms with Crippen molar-refractivity contribution in [3.8, 4) is 22.3 Å². The van der Waals surface area contributed by atoms with Crippen molar-refractivity contribution in [2.24, 2.45) is 0 Å². The molecule has 0 spiro atoms. The van der Waals surface area contributed by atoms with E-state index in [9.17, 15) is 0 Å². The van der Waals surface area contributed by atoms with E-state index in [0.717, 1.165) is 0 Å². The molecule has 5 aromatic carbocycles. The summed E-state index contributed by atoms with van der Waals surface area (Å²) in [6, 6.07) is 42.4. The SMILES string of the molecule is CC1(C)c2ccccc2N2c3ccc(-c4ccccc4-c4ccccc4)cc3C(C)(C)c3cccc1c32. The third-order valence-corrected chi connectivity index (χ3v) is 8.66. The van der Waals surface area contributed by atoms with E-state index in [2.05, 4.69) is 148 Å². The topological polar surface area (TPSA) is 3.24 Å². The number of para-hydroxylation sites is 2. The molecule has 2 aliphatic heterocycles. The molecular formula is C36H31N. The van der Waals surface area contributed by atoms with Gasteiger partial charge in [-0.1, -0.05) is 125 Å². The highest BCUT2D eigenvalue weighted by molar-refractivity contribution is 5.94. The molecular weight excluding hydrogens is 446 g/mol. The monoisotopic (exact) mass is 477 g/mol. The van der Waals surface area contributed by atoms with Crippen LogP contribution in [0.5, 0.6) is 0 Å². The molecule has 0 aromatic heterocycles. The molecule has 0 saturated carbocycles. The van der Waals surface area contributed by atoms with Crippen LogP contribution in [0.3, 0.4) is 0 Å². The average Bonchev–Trinajstić information content (AvgIpc) is 2.93. The summed E-state index contributed by atoms with van der Waals surface area (Å²) >= 11 is 0. The van der Waals surface area contributed by atoms with Gasteiger partial charge in [-0.15, -0.1) is 0 Å². The minimum absolute atomic E-state index is 0.0550. The van der Waals surface area contributed by atoms with Gasteiger partial charge in [-0.3, -0.25) is 0 Å². The van der Waals surface area contributed by atoms with Crippen LogP contribution < -0.4 is 4.90 Å². The molecule has 37 heavy (non-hydrogen) atoms. The van der Waals surface area contributed by atoms with E-state index in [1.807, 2.05) is 0 Å². The van der Waals surface area contributed by atoms with E-state index in [4.69, 9.17) is 0 Å². The number of hydrogen-bond acceptors (Lipinski definition) is 1. The summed E-state index contributed by atoms with van der Waals surface area (Å²) in [4.78, 5) is 2.53. The number of fused-ring (bicyclic) bond motifs is 4. The fraction of sp³-hybridized carbons (Fsp3) is 0.167. The largest absolute Gasteiger partial charge is 0.309 e. The third kappa shape index (κ3) is 3.04. The maximum Gasteiger partial charge on any atom is 0.0543 e. The van der Waals surface area contributed by atoms with Gasteiger partial charge in [0.25, 0.3) is 0 Å². The Morgan fingerprint density at radius 1 is 0.432 bits per heavy atom. The normalized spacial score (nSPS) is 15.9. The first kappa shape index (κ1) is 22.1. The first-order valence-corrected chi connectivity index (χ1v) is 13.2. The van der Waals surface area contributed by atoms with Crippen molar-refractivity contribution in [1.82, 2.24) is 0 Å². The quantitative estimate of drug-likeness (QED) is 0.244. The molecule has 0 unspecified atom stereocenters. The lowest BCUT2D eigenvalue weighted by Gasteiger charge is -2.49. The van der Waals surface area contributed by atoms with E-state index in [-0.39, 0.29) is 10.8 Å². The van der Waals surface area contributed by atoms with Crippen molar-refractivity contribution in [2.45, 2.75) is 38.5 Å². The highest BCUT2D eigenvalue weighted by Crippen LogP contribution is 2.60. The Labute approximate surface area is 220 Å². The molecule has 7 rings (SSSR count). The van der Waals surface area contributed by atoms with Gasteiger partial charge in [-0.2, -0.15) is 0 Å². The van der Waals surface area contributed by atoms with Gasteiger partial charge in [0.05, 0.1) is 17.1 Å². The second-order valence-corrected chi connectivity index (χ2v) is 11.4. The zero-order valence-electron chi connectivity index (χ0n) is 21.9. The lowest BCUT2D eigenvalue weighted by Crippen LogP contribution is -2.38. The van der Waals surface area contributed by atoms with Crippen LogP contribution in [-0.2, 0) is 10.8 Å². The summed E-state index contributed by atoms with van der Waals surface area (Å²) < 4.78 is 0. The van der Waals surface area contributed by atoms with Crippen molar-refractivity contribution < 1.29 is 0 Å². The standard InChI is InChI=1S/C36H31N/c1-35(2)28-17-10-11-20-32(28)37-33-22-21-25(27-16-9-8-15-26(27)24-13-6-5-7-14-24)23-31(33)36(3,4)30-19-12-18-29(35)34(30)37/h5-23H,1-4H3. The van der Waals surface area contributed by atoms with Crippen molar-refractivity contribution in [3.05, 3.63) is 138 Å². The lowest BCUT2D eigenvalue weighted by molar-refractivity contribution is 0.597. The molecule has 2 aliphatic rings. The second-order valence-electron chi connectivity index (χ2n) is 11.4. The predicted molar refractivity (Wildman–Crippen MR) is 156 cm³/mol. The van der Waals surface area contributed by atoms with Gasteiger partial charge in [0, 0.05) is 10.8 Å². The number of nitrogens with zero attached hydrogens (tertiary/aromatic N) is 1. The highest BCUT2D eigenvalue weighted by atomic mass is 15.2. The molecule has 0 saturated heterocycles. The van der Waals surface area contributed by atoms with Gasteiger partial charge in [0.2, 0.25) is 0 Å². The number of anilines is 3. The van der Waals surface area contributed by atoms with Crippen LogP contribution in [0.4, 0.5) is 17.1 Å².